The summed E-state index contributed by atoms with van der Waals surface area (Å²) in [5.41, 5.74) is 4.85. The molecule has 0 saturated carbocycles. The van der Waals surface area contributed by atoms with Crippen molar-refractivity contribution in [1.29, 1.82) is 0 Å². The molecule has 7 rings (SSSR count). The van der Waals surface area contributed by atoms with Crippen LogP contribution in [0.1, 0.15) is 55.4 Å². The summed E-state index contributed by atoms with van der Waals surface area (Å²) in [5.74, 6) is 2.01. The normalized spacial score (nSPS) is 12.6. The fraction of sp³-hybridized carbons (Fsp3) is 0.205. The van der Waals surface area contributed by atoms with Crippen LogP contribution >= 0.6 is 0 Å². The quantitative estimate of drug-likeness (QED) is 0.130. The minimum absolute atomic E-state index is 0. The van der Waals surface area contributed by atoms with Gasteiger partial charge in [0.15, 0.2) is 0 Å². The molecule has 0 atom stereocenters. The van der Waals surface area contributed by atoms with E-state index in [1.165, 1.54) is 10.1 Å². The smallest absolute Gasteiger partial charge is 0.268 e. The van der Waals surface area contributed by atoms with E-state index in [4.69, 9.17) is 12.5 Å². The minimum atomic E-state index is -0.0620. The second kappa shape index (κ2) is 12.0. The molecule has 234 valence electrons. The average molecular weight is 787 g/mol. The molecular formula is C39H35N5OPt-2. The van der Waals surface area contributed by atoms with Gasteiger partial charge in [0.25, 0.3) is 6.33 Å². The van der Waals surface area contributed by atoms with Gasteiger partial charge in [0.1, 0.15) is 5.82 Å². The number of fused-ring (bicyclic) bond motifs is 3. The molecular weight excluding hydrogens is 750 g/mol. The van der Waals surface area contributed by atoms with E-state index in [9.17, 15) is 0 Å². The first-order valence-corrected chi connectivity index (χ1v) is 15.0. The van der Waals surface area contributed by atoms with Crippen LogP contribution in [0.15, 0.2) is 104 Å². The molecule has 0 saturated heterocycles. The Bertz CT molecular complexity index is 2300. The Kier molecular flexibility index (Phi) is 7.54. The number of hydrogen-bond donors (Lipinski definition) is 0. The van der Waals surface area contributed by atoms with Crippen molar-refractivity contribution in [1.82, 2.24) is 19.1 Å². The first-order chi connectivity index (χ1) is 22.4. The van der Waals surface area contributed by atoms with Gasteiger partial charge in [0.2, 0.25) is 0 Å². The summed E-state index contributed by atoms with van der Waals surface area (Å²) in [6, 6.07) is 32.7. The minimum Gasteiger partial charge on any atom is -0.522 e. The second-order valence-corrected chi connectivity index (χ2v) is 13.2. The van der Waals surface area contributed by atoms with E-state index in [0.717, 1.165) is 38.9 Å². The zero-order chi connectivity index (χ0) is 33.1. The number of benzene rings is 3. The van der Waals surface area contributed by atoms with E-state index < -0.39 is 0 Å². The summed E-state index contributed by atoms with van der Waals surface area (Å²) < 4.78 is 28.7. The Morgan fingerprint density at radius 3 is 2.30 bits per heavy atom. The van der Waals surface area contributed by atoms with E-state index in [0.29, 0.717) is 17.3 Å². The molecule has 0 fully saturated rings. The summed E-state index contributed by atoms with van der Waals surface area (Å²) in [6.07, 6.45) is 6.51. The van der Waals surface area contributed by atoms with Crippen molar-refractivity contribution < 1.29 is 33.1 Å². The largest absolute Gasteiger partial charge is 0.522 e. The Morgan fingerprint density at radius 2 is 1.50 bits per heavy atom. The third kappa shape index (κ3) is 6.02. The van der Waals surface area contributed by atoms with E-state index in [1.54, 1.807) is 16.8 Å². The van der Waals surface area contributed by atoms with Gasteiger partial charge in [0, 0.05) is 50.9 Å². The molecule has 0 aliphatic heterocycles. The molecule has 0 spiro atoms. The fourth-order valence-corrected chi connectivity index (χ4v) is 5.41. The zero-order valence-electron chi connectivity index (χ0n) is 28.6. The molecule has 4 heterocycles. The number of hydrogen-bond acceptors (Lipinski definition) is 3. The number of rotatable bonds is 5. The number of pyridine rings is 2. The molecule has 46 heavy (non-hydrogen) atoms. The van der Waals surface area contributed by atoms with Crippen molar-refractivity contribution in [3.63, 3.8) is 0 Å². The van der Waals surface area contributed by atoms with Gasteiger partial charge in [-0.2, -0.15) is 18.2 Å². The first-order valence-electron chi connectivity index (χ1n) is 16.0. The maximum absolute atomic E-state index is 8.68. The van der Waals surface area contributed by atoms with Crippen LogP contribution < -0.4 is 9.30 Å². The predicted molar refractivity (Wildman–Crippen MR) is 178 cm³/mol. The number of nitrogens with zero attached hydrogens (tertiary/aromatic N) is 5. The topological polar surface area (TPSA) is 48.8 Å². The average Bonchev–Trinajstić information content (AvgIpc) is 3.53. The standard InChI is InChI=1S/C39H35N5O.Pt/c1-38(2,3)27-10-9-11-29(22-27)42-20-21-43(26-42)36-25-31(17-19-40-36)45-30-14-15-33-32-12-7-8-13-34(32)44(35(33)24-30)37-23-28(16-18-41-37)39(4,5)6;/h7-23H,1-6H3;/q-2;/i20D,21D;. The van der Waals surface area contributed by atoms with Gasteiger partial charge in [-0.3, -0.25) is 14.1 Å². The molecule has 4 aromatic heterocycles. The summed E-state index contributed by atoms with van der Waals surface area (Å²) in [4.78, 5) is 9.19. The molecule has 7 heteroatoms. The second-order valence-electron chi connectivity index (χ2n) is 13.2. The summed E-state index contributed by atoms with van der Waals surface area (Å²) in [7, 11) is 0. The Labute approximate surface area is 287 Å². The van der Waals surface area contributed by atoms with Gasteiger partial charge in [-0.25, -0.2) is 4.98 Å². The Morgan fingerprint density at radius 1 is 0.761 bits per heavy atom. The van der Waals surface area contributed by atoms with Gasteiger partial charge in [0.05, 0.1) is 14.2 Å². The van der Waals surface area contributed by atoms with Crippen LogP contribution in [0.5, 0.6) is 11.5 Å². The van der Waals surface area contributed by atoms with Gasteiger partial charge in [-0.1, -0.05) is 83.6 Å². The van der Waals surface area contributed by atoms with E-state index in [-0.39, 0.29) is 44.2 Å². The van der Waals surface area contributed by atoms with Crippen molar-refractivity contribution >= 4 is 21.8 Å². The fourth-order valence-electron chi connectivity index (χ4n) is 5.41. The van der Waals surface area contributed by atoms with Gasteiger partial charge < -0.3 is 9.30 Å². The molecule has 0 radical (unpaired) electrons. The van der Waals surface area contributed by atoms with E-state index in [2.05, 4.69) is 99.9 Å². The van der Waals surface area contributed by atoms with Gasteiger partial charge >= 0.3 is 0 Å². The molecule has 6 nitrogen and oxygen atoms in total. The van der Waals surface area contributed by atoms with Gasteiger partial charge in [-0.15, -0.1) is 17.5 Å². The van der Waals surface area contributed by atoms with Crippen LogP contribution in [-0.4, -0.2) is 19.1 Å². The van der Waals surface area contributed by atoms with Crippen molar-refractivity contribution in [2.75, 3.05) is 0 Å². The molecule has 7 aromatic rings. The Hall–Kier alpha value is -4.54. The molecule has 0 amide bonds. The zero-order valence-corrected chi connectivity index (χ0v) is 28.9. The van der Waals surface area contributed by atoms with E-state index in [1.807, 2.05) is 48.7 Å². The van der Waals surface area contributed by atoms with Crippen LogP contribution in [0.4, 0.5) is 0 Å². The van der Waals surface area contributed by atoms with Crippen LogP contribution in [-0.2, 0) is 31.9 Å². The van der Waals surface area contributed by atoms with Crippen LogP contribution in [0.25, 0.3) is 39.1 Å². The number of para-hydroxylation sites is 1. The summed E-state index contributed by atoms with van der Waals surface area (Å²) in [6.45, 7) is 13.0. The maximum atomic E-state index is 8.68. The Balaban J connectivity index is 0.00000401. The van der Waals surface area contributed by atoms with Gasteiger partial charge in [-0.05, 0) is 63.4 Å². The molecule has 0 aliphatic carbocycles. The van der Waals surface area contributed by atoms with Crippen molar-refractivity contribution in [2.45, 2.75) is 52.4 Å². The SMILES string of the molecule is [2H]c1c([2H])[n+](-c2cccc(C(C)(C)C)c2)[c-]n1-c1[c-]c(Oc2[c-]c3c(cc2)c2ccccc2n3-c2cc(C(C)(C)C)ccn2)ccn1.[Pt]. The van der Waals surface area contributed by atoms with Crippen LogP contribution in [0.3, 0.4) is 0 Å². The third-order valence-electron chi connectivity index (χ3n) is 7.93. The van der Waals surface area contributed by atoms with Crippen LogP contribution in [0.2, 0.25) is 0 Å². The van der Waals surface area contributed by atoms with Crippen molar-refractivity contribution in [3.05, 3.63) is 133 Å². The van der Waals surface area contributed by atoms with Crippen molar-refractivity contribution in [2.24, 2.45) is 0 Å². The summed E-state index contributed by atoms with van der Waals surface area (Å²) in [5, 5.41) is 2.14. The monoisotopic (exact) mass is 786 g/mol. The van der Waals surface area contributed by atoms with Crippen LogP contribution in [0, 0.1) is 18.5 Å². The molecule has 0 aliphatic rings. The maximum Gasteiger partial charge on any atom is 0.268 e. The predicted octanol–water partition coefficient (Wildman–Crippen LogP) is 8.43. The molecule has 0 N–H and O–H groups in total. The molecule has 0 unspecified atom stereocenters. The van der Waals surface area contributed by atoms with Crippen molar-refractivity contribution in [3.8, 4) is 28.8 Å². The molecule has 0 bridgehead atoms. The summed E-state index contributed by atoms with van der Waals surface area (Å²) >= 11 is 0. The first kappa shape index (κ1) is 28.9. The van der Waals surface area contributed by atoms with E-state index >= 15 is 0 Å². The number of ether oxygens (including phenoxy) is 1. The third-order valence-corrected chi connectivity index (χ3v) is 7.93. The molecule has 3 aromatic carbocycles. The number of aromatic nitrogens is 5. The number of imidazole rings is 1.